The molecule has 1 unspecified atom stereocenters. The second-order valence-corrected chi connectivity index (χ2v) is 5.11. The summed E-state index contributed by atoms with van der Waals surface area (Å²) in [5.41, 5.74) is 8.03. The first-order valence-electron chi connectivity index (χ1n) is 5.73. The summed E-state index contributed by atoms with van der Waals surface area (Å²) in [5.74, 6) is -0.222. The van der Waals surface area contributed by atoms with Crippen LogP contribution < -0.4 is 5.73 Å². The van der Waals surface area contributed by atoms with E-state index in [1.165, 1.54) is 6.07 Å². The van der Waals surface area contributed by atoms with Crippen LogP contribution in [0.15, 0.2) is 42.5 Å². The number of halogens is 2. The summed E-state index contributed by atoms with van der Waals surface area (Å²) in [5, 5.41) is 0.642. The summed E-state index contributed by atoms with van der Waals surface area (Å²) >= 11 is 5.98. The van der Waals surface area contributed by atoms with E-state index in [0.717, 1.165) is 11.1 Å². The molecule has 0 heterocycles. The van der Waals surface area contributed by atoms with E-state index in [2.05, 4.69) is 0 Å². The van der Waals surface area contributed by atoms with E-state index >= 15 is 0 Å². The lowest BCUT2D eigenvalue weighted by Crippen LogP contribution is -2.34. The molecule has 0 aliphatic carbocycles. The standard InChI is InChI=1S/C15H15ClFN/c1-10-8-12(6-7-14(10)17)15(2,18)11-4-3-5-13(16)9-11/h3-9H,18H2,1-2H3. The van der Waals surface area contributed by atoms with Crippen molar-refractivity contribution < 1.29 is 4.39 Å². The minimum atomic E-state index is -0.691. The Kier molecular flexibility index (Phi) is 3.42. The van der Waals surface area contributed by atoms with Crippen molar-refractivity contribution in [3.8, 4) is 0 Å². The Balaban J connectivity index is 2.50. The smallest absolute Gasteiger partial charge is 0.126 e. The highest BCUT2D eigenvalue weighted by Gasteiger charge is 2.24. The van der Waals surface area contributed by atoms with Gasteiger partial charge in [0.2, 0.25) is 0 Å². The molecule has 18 heavy (non-hydrogen) atoms. The molecule has 2 rings (SSSR count). The summed E-state index contributed by atoms with van der Waals surface area (Å²) in [4.78, 5) is 0. The third-order valence-electron chi connectivity index (χ3n) is 3.18. The van der Waals surface area contributed by atoms with Crippen LogP contribution in [-0.4, -0.2) is 0 Å². The summed E-state index contributed by atoms with van der Waals surface area (Å²) in [6, 6.07) is 12.3. The number of nitrogens with two attached hydrogens (primary N) is 1. The van der Waals surface area contributed by atoms with Gasteiger partial charge in [-0.25, -0.2) is 4.39 Å². The summed E-state index contributed by atoms with van der Waals surface area (Å²) in [6.07, 6.45) is 0. The molecule has 1 atom stereocenters. The number of benzene rings is 2. The molecule has 0 saturated heterocycles. The van der Waals surface area contributed by atoms with Gasteiger partial charge in [-0.15, -0.1) is 0 Å². The molecule has 0 spiro atoms. The number of hydrogen-bond acceptors (Lipinski definition) is 1. The molecule has 2 aromatic carbocycles. The maximum atomic E-state index is 13.3. The lowest BCUT2D eigenvalue weighted by molar-refractivity contribution is 0.589. The molecule has 0 aliphatic rings. The van der Waals surface area contributed by atoms with E-state index in [9.17, 15) is 4.39 Å². The molecule has 0 radical (unpaired) electrons. The Hall–Kier alpha value is -1.38. The van der Waals surface area contributed by atoms with E-state index in [-0.39, 0.29) is 5.82 Å². The zero-order valence-electron chi connectivity index (χ0n) is 10.4. The SMILES string of the molecule is Cc1cc(C(C)(N)c2cccc(Cl)c2)ccc1F. The van der Waals surface area contributed by atoms with Gasteiger partial charge in [-0.2, -0.15) is 0 Å². The van der Waals surface area contributed by atoms with Crippen LogP contribution in [0.3, 0.4) is 0 Å². The lowest BCUT2D eigenvalue weighted by Gasteiger charge is -2.26. The fourth-order valence-electron chi connectivity index (χ4n) is 1.95. The zero-order chi connectivity index (χ0) is 13.3. The minimum absolute atomic E-state index is 0.222. The van der Waals surface area contributed by atoms with E-state index in [4.69, 9.17) is 17.3 Å². The van der Waals surface area contributed by atoms with Crippen molar-refractivity contribution in [3.63, 3.8) is 0 Å². The topological polar surface area (TPSA) is 26.0 Å². The van der Waals surface area contributed by atoms with Gasteiger partial charge in [0.05, 0.1) is 5.54 Å². The molecule has 0 amide bonds. The van der Waals surface area contributed by atoms with Gasteiger partial charge < -0.3 is 5.73 Å². The molecule has 0 saturated carbocycles. The average Bonchev–Trinajstić information content (AvgIpc) is 2.32. The van der Waals surface area contributed by atoms with Crippen molar-refractivity contribution in [1.82, 2.24) is 0 Å². The minimum Gasteiger partial charge on any atom is -0.318 e. The molecular formula is C15H15ClFN. The second-order valence-electron chi connectivity index (χ2n) is 4.68. The van der Waals surface area contributed by atoms with E-state index < -0.39 is 5.54 Å². The predicted molar refractivity (Wildman–Crippen MR) is 73.2 cm³/mol. The van der Waals surface area contributed by atoms with E-state index in [1.54, 1.807) is 25.1 Å². The van der Waals surface area contributed by atoms with Crippen molar-refractivity contribution in [1.29, 1.82) is 0 Å². The Labute approximate surface area is 111 Å². The molecule has 3 heteroatoms. The Morgan fingerprint density at radius 2 is 1.78 bits per heavy atom. The highest BCUT2D eigenvalue weighted by Crippen LogP contribution is 2.29. The molecule has 2 N–H and O–H groups in total. The first kappa shape index (κ1) is 13.1. The molecule has 2 aromatic rings. The Morgan fingerprint density at radius 3 is 2.39 bits per heavy atom. The van der Waals surface area contributed by atoms with Crippen LogP contribution in [0.4, 0.5) is 4.39 Å². The molecule has 0 bridgehead atoms. The largest absolute Gasteiger partial charge is 0.318 e. The second kappa shape index (κ2) is 4.71. The van der Waals surface area contributed by atoms with Gasteiger partial charge in [0.25, 0.3) is 0 Å². The first-order chi connectivity index (χ1) is 8.41. The van der Waals surface area contributed by atoms with Crippen LogP contribution in [0.5, 0.6) is 0 Å². The average molecular weight is 264 g/mol. The van der Waals surface area contributed by atoms with Gasteiger partial charge >= 0.3 is 0 Å². The molecule has 94 valence electrons. The summed E-state index contributed by atoms with van der Waals surface area (Å²) < 4.78 is 13.3. The Bertz CT molecular complexity index is 578. The van der Waals surface area contributed by atoms with Crippen molar-refractivity contribution >= 4 is 11.6 Å². The van der Waals surface area contributed by atoms with E-state index in [1.807, 2.05) is 25.1 Å². The fraction of sp³-hybridized carbons (Fsp3) is 0.200. The lowest BCUT2D eigenvalue weighted by atomic mass is 9.85. The zero-order valence-corrected chi connectivity index (χ0v) is 11.1. The monoisotopic (exact) mass is 263 g/mol. The molecule has 0 aromatic heterocycles. The number of hydrogen-bond donors (Lipinski definition) is 1. The van der Waals surface area contributed by atoms with Gasteiger partial charge in [-0.05, 0) is 48.7 Å². The van der Waals surface area contributed by atoms with Gasteiger partial charge in [0, 0.05) is 5.02 Å². The van der Waals surface area contributed by atoms with Crippen molar-refractivity contribution in [3.05, 3.63) is 70.0 Å². The van der Waals surface area contributed by atoms with Crippen molar-refractivity contribution in [2.24, 2.45) is 5.73 Å². The number of rotatable bonds is 2. The summed E-state index contributed by atoms with van der Waals surface area (Å²) in [6.45, 7) is 3.62. The molecule has 0 aliphatic heterocycles. The van der Waals surface area contributed by atoms with Crippen LogP contribution in [-0.2, 0) is 5.54 Å². The third-order valence-corrected chi connectivity index (χ3v) is 3.42. The van der Waals surface area contributed by atoms with Crippen LogP contribution in [0.1, 0.15) is 23.6 Å². The van der Waals surface area contributed by atoms with Gasteiger partial charge in [0.15, 0.2) is 0 Å². The highest BCUT2D eigenvalue weighted by atomic mass is 35.5. The highest BCUT2D eigenvalue weighted by molar-refractivity contribution is 6.30. The first-order valence-corrected chi connectivity index (χ1v) is 6.10. The molecular weight excluding hydrogens is 249 g/mol. The molecule has 1 nitrogen and oxygen atoms in total. The van der Waals surface area contributed by atoms with Gasteiger partial charge in [-0.1, -0.05) is 35.9 Å². The van der Waals surface area contributed by atoms with Crippen LogP contribution in [0, 0.1) is 12.7 Å². The van der Waals surface area contributed by atoms with E-state index in [0.29, 0.717) is 10.6 Å². The van der Waals surface area contributed by atoms with Crippen LogP contribution >= 0.6 is 11.6 Å². The predicted octanol–water partition coefficient (Wildman–Crippen LogP) is 4.01. The fourth-order valence-corrected chi connectivity index (χ4v) is 2.14. The maximum absolute atomic E-state index is 13.3. The van der Waals surface area contributed by atoms with Crippen molar-refractivity contribution in [2.75, 3.05) is 0 Å². The third kappa shape index (κ3) is 2.40. The Morgan fingerprint density at radius 1 is 1.11 bits per heavy atom. The maximum Gasteiger partial charge on any atom is 0.126 e. The number of aryl methyl sites for hydroxylation is 1. The van der Waals surface area contributed by atoms with Crippen molar-refractivity contribution in [2.45, 2.75) is 19.4 Å². The van der Waals surface area contributed by atoms with Gasteiger partial charge in [-0.3, -0.25) is 0 Å². The quantitative estimate of drug-likeness (QED) is 0.870. The van der Waals surface area contributed by atoms with Crippen LogP contribution in [0.2, 0.25) is 5.02 Å². The normalized spacial score (nSPS) is 14.3. The molecule has 0 fully saturated rings. The summed E-state index contributed by atoms with van der Waals surface area (Å²) in [7, 11) is 0. The van der Waals surface area contributed by atoms with Gasteiger partial charge in [0.1, 0.15) is 5.82 Å². The van der Waals surface area contributed by atoms with Crippen LogP contribution in [0.25, 0.3) is 0 Å².